The lowest BCUT2D eigenvalue weighted by Gasteiger charge is -1.97. The number of carboxylic acid groups (broad SMARTS) is 1. The number of rotatable bonds is 13. The third-order valence-corrected chi connectivity index (χ3v) is 3.05. The Morgan fingerprint density at radius 1 is 0.800 bits per heavy atom. The molecule has 0 amide bonds. The first kappa shape index (κ1) is 18.7. The molecule has 20 heavy (non-hydrogen) atoms. The van der Waals surface area contributed by atoms with E-state index in [1.54, 1.807) is 0 Å². The highest BCUT2D eigenvalue weighted by Crippen LogP contribution is 2.07. The van der Waals surface area contributed by atoms with Crippen LogP contribution in [-0.4, -0.2) is 11.1 Å². The predicted octanol–water partition coefficient (Wildman–Crippen LogP) is 5.66. The van der Waals surface area contributed by atoms with E-state index >= 15 is 0 Å². The van der Waals surface area contributed by atoms with E-state index in [4.69, 9.17) is 5.11 Å². The van der Waals surface area contributed by atoms with E-state index in [0.717, 1.165) is 44.9 Å². The van der Waals surface area contributed by atoms with Gasteiger partial charge >= 0.3 is 5.97 Å². The van der Waals surface area contributed by atoms with E-state index in [1.807, 2.05) is 0 Å². The SMILES string of the molecule is CC/C=C/CC/C=C/C=C/CCCCCCCC(=O)O. The summed E-state index contributed by atoms with van der Waals surface area (Å²) in [7, 11) is 0. The fraction of sp³-hybridized carbons (Fsp3) is 0.611. The van der Waals surface area contributed by atoms with Gasteiger partial charge in [0.2, 0.25) is 0 Å². The second-order valence-corrected chi connectivity index (χ2v) is 5.01. The molecule has 0 aliphatic rings. The van der Waals surface area contributed by atoms with Crippen LogP contribution in [0.15, 0.2) is 36.5 Å². The maximum Gasteiger partial charge on any atom is 0.303 e. The number of carboxylic acids is 1. The molecule has 2 nitrogen and oxygen atoms in total. The third kappa shape index (κ3) is 16.7. The smallest absolute Gasteiger partial charge is 0.303 e. The number of hydrogen-bond acceptors (Lipinski definition) is 1. The lowest BCUT2D eigenvalue weighted by Crippen LogP contribution is -1.93. The van der Waals surface area contributed by atoms with Gasteiger partial charge in [-0.15, -0.1) is 0 Å². The Morgan fingerprint density at radius 3 is 2.10 bits per heavy atom. The molecule has 0 spiro atoms. The van der Waals surface area contributed by atoms with Gasteiger partial charge in [-0.05, 0) is 38.5 Å². The Balaban J connectivity index is 3.25. The molecular formula is C18H30O2. The van der Waals surface area contributed by atoms with Crippen molar-refractivity contribution < 1.29 is 9.90 Å². The molecule has 0 aromatic rings. The molecule has 0 saturated heterocycles. The minimum absolute atomic E-state index is 0.318. The van der Waals surface area contributed by atoms with Crippen molar-refractivity contribution >= 4 is 5.97 Å². The summed E-state index contributed by atoms with van der Waals surface area (Å²) in [4.78, 5) is 10.3. The normalized spacial score (nSPS) is 12.1. The average molecular weight is 278 g/mol. The van der Waals surface area contributed by atoms with Gasteiger partial charge in [0, 0.05) is 6.42 Å². The molecular weight excluding hydrogens is 248 g/mol. The summed E-state index contributed by atoms with van der Waals surface area (Å²) in [6.45, 7) is 2.15. The van der Waals surface area contributed by atoms with Crippen LogP contribution in [-0.2, 0) is 4.79 Å². The quantitative estimate of drug-likeness (QED) is 0.268. The van der Waals surface area contributed by atoms with Crippen LogP contribution in [0.1, 0.15) is 71.1 Å². The molecule has 0 saturated carbocycles. The second-order valence-electron chi connectivity index (χ2n) is 5.01. The molecule has 114 valence electrons. The van der Waals surface area contributed by atoms with E-state index < -0.39 is 5.97 Å². The molecule has 1 N–H and O–H groups in total. The topological polar surface area (TPSA) is 37.3 Å². The minimum atomic E-state index is -0.676. The van der Waals surface area contributed by atoms with Crippen LogP contribution < -0.4 is 0 Å². The van der Waals surface area contributed by atoms with Gasteiger partial charge in [-0.1, -0.05) is 62.6 Å². The maximum atomic E-state index is 10.3. The Labute approximate surface area is 124 Å². The number of aliphatic carboxylic acids is 1. The van der Waals surface area contributed by atoms with Crippen molar-refractivity contribution in [3.05, 3.63) is 36.5 Å². The van der Waals surface area contributed by atoms with Crippen LogP contribution >= 0.6 is 0 Å². The van der Waals surface area contributed by atoms with Crippen molar-refractivity contribution in [3.8, 4) is 0 Å². The molecule has 0 aromatic carbocycles. The molecule has 0 aromatic heterocycles. The van der Waals surface area contributed by atoms with Gasteiger partial charge in [-0.25, -0.2) is 0 Å². The maximum absolute atomic E-state index is 10.3. The summed E-state index contributed by atoms with van der Waals surface area (Å²) < 4.78 is 0. The Kier molecular flexibility index (Phi) is 14.7. The fourth-order valence-electron chi connectivity index (χ4n) is 1.90. The summed E-state index contributed by atoms with van der Waals surface area (Å²) in [6, 6.07) is 0. The van der Waals surface area contributed by atoms with Crippen molar-refractivity contribution in [1.29, 1.82) is 0 Å². The Bertz CT molecular complexity index is 301. The molecule has 0 aliphatic heterocycles. The van der Waals surface area contributed by atoms with Crippen LogP contribution in [0, 0.1) is 0 Å². The highest BCUT2D eigenvalue weighted by molar-refractivity contribution is 5.66. The lowest BCUT2D eigenvalue weighted by atomic mass is 10.1. The van der Waals surface area contributed by atoms with E-state index in [2.05, 4.69) is 43.4 Å². The van der Waals surface area contributed by atoms with Gasteiger partial charge in [0.25, 0.3) is 0 Å². The van der Waals surface area contributed by atoms with E-state index in [0.29, 0.717) is 6.42 Å². The standard InChI is InChI=1S/C18H30O2/c1-2-3-4-5-6-7-8-9-10-11-12-13-14-15-16-17-18(19)20/h3-4,7-10H,2,5-6,11-17H2,1H3,(H,19,20)/b4-3+,8-7+,10-9+. The summed E-state index contributed by atoms with van der Waals surface area (Å²) in [5.74, 6) is -0.676. The molecule has 0 unspecified atom stereocenters. The van der Waals surface area contributed by atoms with Crippen LogP contribution in [0.2, 0.25) is 0 Å². The largest absolute Gasteiger partial charge is 0.481 e. The number of carbonyl (C=O) groups is 1. The van der Waals surface area contributed by atoms with E-state index in [9.17, 15) is 4.79 Å². The zero-order chi connectivity index (χ0) is 14.9. The van der Waals surface area contributed by atoms with Crippen LogP contribution in [0.4, 0.5) is 0 Å². The average Bonchev–Trinajstić information content (AvgIpc) is 2.43. The Morgan fingerprint density at radius 2 is 1.40 bits per heavy atom. The summed E-state index contributed by atoms with van der Waals surface area (Å²) in [6.07, 6.45) is 23.4. The first-order valence-corrected chi connectivity index (χ1v) is 7.95. The number of hydrogen-bond donors (Lipinski definition) is 1. The first-order chi connectivity index (χ1) is 9.77. The second kappa shape index (κ2) is 15.7. The highest BCUT2D eigenvalue weighted by atomic mass is 16.4. The minimum Gasteiger partial charge on any atom is -0.481 e. The zero-order valence-electron chi connectivity index (χ0n) is 12.9. The molecule has 0 heterocycles. The van der Waals surface area contributed by atoms with Gasteiger partial charge < -0.3 is 5.11 Å². The summed E-state index contributed by atoms with van der Waals surface area (Å²) in [5.41, 5.74) is 0. The van der Waals surface area contributed by atoms with Gasteiger partial charge in [-0.3, -0.25) is 4.79 Å². The number of allylic oxidation sites excluding steroid dienone is 6. The van der Waals surface area contributed by atoms with Crippen LogP contribution in [0.3, 0.4) is 0 Å². The van der Waals surface area contributed by atoms with Crippen molar-refractivity contribution in [1.82, 2.24) is 0 Å². The Hall–Kier alpha value is -1.31. The van der Waals surface area contributed by atoms with Crippen LogP contribution in [0.5, 0.6) is 0 Å². The van der Waals surface area contributed by atoms with Crippen molar-refractivity contribution in [2.75, 3.05) is 0 Å². The van der Waals surface area contributed by atoms with Crippen molar-refractivity contribution in [2.45, 2.75) is 71.1 Å². The van der Waals surface area contributed by atoms with Gasteiger partial charge in [0.1, 0.15) is 0 Å². The first-order valence-electron chi connectivity index (χ1n) is 7.95. The monoisotopic (exact) mass is 278 g/mol. The third-order valence-electron chi connectivity index (χ3n) is 3.05. The molecule has 0 aliphatic carbocycles. The lowest BCUT2D eigenvalue weighted by molar-refractivity contribution is -0.137. The van der Waals surface area contributed by atoms with Gasteiger partial charge in [0.15, 0.2) is 0 Å². The van der Waals surface area contributed by atoms with Gasteiger partial charge in [0.05, 0.1) is 0 Å². The van der Waals surface area contributed by atoms with Crippen molar-refractivity contribution in [3.63, 3.8) is 0 Å². The van der Waals surface area contributed by atoms with E-state index in [-0.39, 0.29) is 0 Å². The number of unbranched alkanes of at least 4 members (excludes halogenated alkanes) is 6. The molecule has 0 atom stereocenters. The van der Waals surface area contributed by atoms with Crippen molar-refractivity contribution in [2.24, 2.45) is 0 Å². The molecule has 2 heteroatoms. The summed E-state index contributed by atoms with van der Waals surface area (Å²) >= 11 is 0. The van der Waals surface area contributed by atoms with E-state index in [1.165, 1.54) is 12.8 Å². The summed E-state index contributed by atoms with van der Waals surface area (Å²) in [5, 5.41) is 8.50. The van der Waals surface area contributed by atoms with Gasteiger partial charge in [-0.2, -0.15) is 0 Å². The van der Waals surface area contributed by atoms with Crippen LogP contribution in [0.25, 0.3) is 0 Å². The molecule has 0 fully saturated rings. The predicted molar refractivity (Wildman–Crippen MR) is 86.9 cm³/mol. The fourth-order valence-corrected chi connectivity index (χ4v) is 1.90. The zero-order valence-corrected chi connectivity index (χ0v) is 12.9. The molecule has 0 bridgehead atoms. The molecule has 0 rings (SSSR count). The molecule has 0 radical (unpaired) electrons. The highest BCUT2D eigenvalue weighted by Gasteiger charge is 1.95.